The highest BCUT2D eigenvalue weighted by molar-refractivity contribution is 9.10. The first-order chi connectivity index (χ1) is 9.40. The number of nitro groups is 1. The molecule has 1 aromatic carbocycles. The van der Waals surface area contributed by atoms with Crippen LogP contribution in [0.25, 0.3) is 0 Å². The van der Waals surface area contributed by atoms with Gasteiger partial charge >= 0.3 is 0 Å². The lowest BCUT2D eigenvalue weighted by Crippen LogP contribution is -2.44. The van der Waals surface area contributed by atoms with E-state index < -0.39 is 4.92 Å². The van der Waals surface area contributed by atoms with Crippen molar-refractivity contribution >= 4 is 27.5 Å². The van der Waals surface area contributed by atoms with Gasteiger partial charge in [-0.15, -0.1) is 0 Å². The summed E-state index contributed by atoms with van der Waals surface area (Å²) in [5.41, 5.74) is 0.300. The molecular formula is C14H17BrN2O3. The molecule has 2 unspecified atom stereocenters. The van der Waals surface area contributed by atoms with Crippen LogP contribution in [0, 0.1) is 16.0 Å². The first kappa shape index (κ1) is 15.0. The lowest BCUT2D eigenvalue weighted by atomic mass is 9.94. The largest absolute Gasteiger partial charge is 0.336 e. The summed E-state index contributed by atoms with van der Waals surface area (Å²) in [5, 5.41) is 10.9. The van der Waals surface area contributed by atoms with Gasteiger partial charge in [-0.25, -0.2) is 0 Å². The van der Waals surface area contributed by atoms with Crippen LogP contribution in [0.5, 0.6) is 0 Å². The first-order valence-corrected chi connectivity index (χ1v) is 7.44. The number of nitrogens with zero attached hydrogens (tertiary/aromatic N) is 2. The number of carbonyl (C=O) groups is 1. The van der Waals surface area contributed by atoms with E-state index in [0.29, 0.717) is 22.5 Å². The smallest absolute Gasteiger partial charge is 0.284 e. The monoisotopic (exact) mass is 340 g/mol. The van der Waals surface area contributed by atoms with Gasteiger partial charge in [0.05, 0.1) is 9.40 Å². The fourth-order valence-corrected chi connectivity index (χ4v) is 2.91. The van der Waals surface area contributed by atoms with E-state index >= 15 is 0 Å². The molecule has 1 saturated heterocycles. The summed E-state index contributed by atoms with van der Waals surface area (Å²) in [7, 11) is 0. The minimum absolute atomic E-state index is 0.0754. The van der Waals surface area contributed by atoms with Crippen LogP contribution in [0.4, 0.5) is 5.69 Å². The van der Waals surface area contributed by atoms with Gasteiger partial charge in [0.25, 0.3) is 11.6 Å². The molecule has 1 fully saturated rings. The fourth-order valence-electron chi connectivity index (χ4n) is 2.52. The lowest BCUT2D eigenvalue weighted by molar-refractivity contribution is -0.385. The number of amides is 1. The molecule has 108 valence electrons. The topological polar surface area (TPSA) is 63.5 Å². The Hall–Kier alpha value is -1.43. The third kappa shape index (κ3) is 3.00. The highest BCUT2D eigenvalue weighted by atomic mass is 79.9. The van der Waals surface area contributed by atoms with E-state index in [1.165, 1.54) is 6.07 Å². The van der Waals surface area contributed by atoms with Crippen molar-refractivity contribution < 1.29 is 9.72 Å². The molecule has 2 atom stereocenters. The number of hydrogen-bond acceptors (Lipinski definition) is 3. The number of benzene rings is 1. The van der Waals surface area contributed by atoms with Crippen molar-refractivity contribution in [3.63, 3.8) is 0 Å². The van der Waals surface area contributed by atoms with Gasteiger partial charge in [-0.1, -0.05) is 6.92 Å². The van der Waals surface area contributed by atoms with Crippen LogP contribution in [0.15, 0.2) is 22.7 Å². The minimum atomic E-state index is -0.483. The van der Waals surface area contributed by atoms with Crippen LogP contribution < -0.4 is 0 Å². The molecule has 5 nitrogen and oxygen atoms in total. The van der Waals surface area contributed by atoms with Crippen LogP contribution in [-0.4, -0.2) is 28.3 Å². The molecule has 0 aliphatic carbocycles. The summed E-state index contributed by atoms with van der Waals surface area (Å²) >= 11 is 3.13. The molecule has 1 aliphatic rings. The Morgan fingerprint density at radius 1 is 1.40 bits per heavy atom. The summed E-state index contributed by atoms with van der Waals surface area (Å²) in [6, 6.07) is 4.72. The predicted molar refractivity (Wildman–Crippen MR) is 79.7 cm³/mol. The molecule has 0 radical (unpaired) electrons. The average molecular weight is 341 g/mol. The predicted octanol–water partition coefficient (Wildman–Crippen LogP) is 3.62. The normalized spacial score (nSPS) is 22.6. The molecule has 1 aromatic rings. The molecule has 0 N–H and O–H groups in total. The van der Waals surface area contributed by atoms with Gasteiger partial charge in [0, 0.05) is 24.2 Å². The second-order valence-corrected chi connectivity index (χ2v) is 6.27. The maximum Gasteiger partial charge on any atom is 0.284 e. The van der Waals surface area contributed by atoms with Crippen LogP contribution in [0.2, 0.25) is 0 Å². The van der Waals surface area contributed by atoms with E-state index in [4.69, 9.17) is 0 Å². The number of nitro benzene ring substituents is 1. The standard InChI is InChI=1S/C14H17BrN2O3/c1-9-3-4-10(2)16(8-9)14(18)11-5-6-12(15)13(7-11)17(19)20/h5-7,9-10H,3-4,8H2,1-2H3. The first-order valence-electron chi connectivity index (χ1n) is 6.65. The van der Waals surface area contributed by atoms with Crippen molar-refractivity contribution in [2.45, 2.75) is 32.7 Å². The molecule has 0 bridgehead atoms. The van der Waals surface area contributed by atoms with Crippen molar-refractivity contribution in [2.75, 3.05) is 6.54 Å². The molecule has 0 spiro atoms. The Labute approximate surface area is 126 Å². The lowest BCUT2D eigenvalue weighted by Gasteiger charge is -2.36. The summed E-state index contributed by atoms with van der Waals surface area (Å²) in [6.07, 6.45) is 2.09. The van der Waals surface area contributed by atoms with Gasteiger partial charge in [0.1, 0.15) is 0 Å². The average Bonchev–Trinajstić information content (AvgIpc) is 2.41. The summed E-state index contributed by atoms with van der Waals surface area (Å²) in [4.78, 5) is 24.8. The molecule has 2 rings (SSSR count). The van der Waals surface area contributed by atoms with E-state index in [1.54, 1.807) is 12.1 Å². The van der Waals surface area contributed by atoms with Gasteiger partial charge in [0.2, 0.25) is 0 Å². The van der Waals surface area contributed by atoms with Crippen LogP contribution >= 0.6 is 15.9 Å². The minimum Gasteiger partial charge on any atom is -0.336 e. The van der Waals surface area contributed by atoms with E-state index in [2.05, 4.69) is 22.9 Å². The Kier molecular flexibility index (Phi) is 4.42. The van der Waals surface area contributed by atoms with Gasteiger partial charge < -0.3 is 4.90 Å². The molecule has 0 saturated carbocycles. The Morgan fingerprint density at radius 3 is 2.75 bits per heavy atom. The van der Waals surface area contributed by atoms with Crippen LogP contribution in [0.1, 0.15) is 37.0 Å². The zero-order chi connectivity index (χ0) is 14.9. The highest BCUT2D eigenvalue weighted by Gasteiger charge is 2.28. The Bertz CT molecular complexity index is 547. The van der Waals surface area contributed by atoms with Gasteiger partial charge in [0.15, 0.2) is 0 Å². The van der Waals surface area contributed by atoms with Crippen molar-refractivity contribution in [2.24, 2.45) is 5.92 Å². The number of hydrogen-bond donors (Lipinski definition) is 0. The Balaban J connectivity index is 2.29. The SMILES string of the molecule is CC1CCC(C)N(C(=O)c2ccc(Br)c([N+](=O)[O-])c2)C1. The Morgan fingerprint density at radius 2 is 2.10 bits per heavy atom. The molecule has 1 aliphatic heterocycles. The quantitative estimate of drug-likeness (QED) is 0.610. The van der Waals surface area contributed by atoms with Gasteiger partial charge in [-0.3, -0.25) is 14.9 Å². The van der Waals surface area contributed by atoms with E-state index in [1.807, 2.05) is 11.8 Å². The molecule has 6 heteroatoms. The zero-order valence-electron chi connectivity index (χ0n) is 11.5. The number of carbonyl (C=O) groups excluding carboxylic acids is 1. The number of likely N-dealkylation sites (tertiary alicyclic amines) is 1. The van der Waals surface area contributed by atoms with Crippen molar-refractivity contribution in [3.05, 3.63) is 38.3 Å². The number of halogens is 1. The zero-order valence-corrected chi connectivity index (χ0v) is 13.1. The third-order valence-corrected chi connectivity index (χ3v) is 4.44. The van der Waals surface area contributed by atoms with E-state index in [9.17, 15) is 14.9 Å². The summed E-state index contributed by atoms with van der Waals surface area (Å²) < 4.78 is 0.388. The van der Waals surface area contributed by atoms with E-state index in [-0.39, 0.29) is 17.6 Å². The molecule has 20 heavy (non-hydrogen) atoms. The van der Waals surface area contributed by atoms with E-state index in [0.717, 1.165) is 12.8 Å². The second-order valence-electron chi connectivity index (χ2n) is 5.41. The van der Waals surface area contributed by atoms with Crippen molar-refractivity contribution in [1.29, 1.82) is 0 Å². The van der Waals surface area contributed by atoms with Crippen LogP contribution in [0.3, 0.4) is 0 Å². The van der Waals surface area contributed by atoms with Crippen molar-refractivity contribution in [1.82, 2.24) is 4.90 Å². The molecular weight excluding hydrogens is 324 g/mol. The number of rotatable bonds is 2. The molecule has 0 aromatic heterocycles. The number of piperidine rings is 1. The van der Waals surface area contributed by atoms with Crippen LogP contribution in [-0.2, 0) is 0 Å². The second kappa shape index (κ2) is 5.91. The summed E-state index contributed by atoms with van der Waals surface area (Å²) in [6.45, 7) is 4.86. The summed E-state index contributed by atoms with van der Waals surface area (Å²) in [5.74, 6) is 0.347. The van der Waals surface area contributed by atoms with Gasteiger partial charge in [-0.05, 0) is 53.7 Å². The maximum absolute atomic E-state index is 12.5. The maximum atomic E-state index is 12.5. The van der Waals surface area contributed by atoms with Gasteiger partial charge in [-0.2, -0.15) is 0 Å². The third-order valence-electron chi connectivity index (χ3n) is 3.77. The van der Waals surface area contributed by atoms with Crippen molar-refractivity contribution in [3.8, 4) is 0 Å². The molecule has 1 heterocycles. The fraction of sp³-hybridized carbons (Fsp3) is 0.500. The highest BCUT2D eigenvalue weighted by Crippen LogP contribution is 2.28. The molecule has 1 amide bonds.